The average Bonchev–Trinajstić information content (AvgIpc) is 3.29. The van der Waals surface area contributed by atoms with Crippen LogP contribution in [0.1, 0.15) is 99.3 Å². The van der Waals surface area contributed by atoms with Crippen molar-refractivity contribution in [2.24, 2.45) is 40.4 Å². The lowest BCUT2D eigenvalue weighted by Crippen LogP contribution is -2.50. The number of carbonyl (C=O) groups is 2. The Kier molecular flexibility index (Phi) is 6.83. The van der Waals surface area contributed by atoms with Gasteiger partial charge in [-0.2, -0.15) is 0 Å². The molecular formula is C31H46O5. The van der Waals surface area contributed by atoms with E-state index >= 15 is 0 Å². The summed E-state index contributed by atoms with van der Waals surface area (Å²) in [7, 11) is 0. The normalized spacial score (nSPS) is 41.8. The molecule has 0 aromatic heterocycles. The predicted molar refractivity (Wildman–Crippen MR) is 139 cm³/mol. The molecule has 0 N–H and O–H groups in total. The van der Waals surface area contributed by atoms with Crippen LogP contribution in [0.5, 0.6) is 0 Å². The summed E-state index contributed by atoms with van der Waals surface area (Å²) in [5, 5.41) is 0. The Morgan fingerprint density at radius 2 is 1.92 bits per heavy atom. The van der Waals surface area contributed by atoms with Crippen molar-refractivity contribution in [1.82, 2.24) is 0 Å². The fourth-order valence-electron chi connectivity index (χ4n) is 9.27. The Balaban J connectivity index is 1.29. The third-order valence-electron chi connectivity index (χ3n) is 11.0. The summed E-state index contributed by atoms with van der Waals surface area (Å²) >= 11 is 0. The van der Waals surface area contributed by atoms with E-state index in [2.05, 4.69) is 33.8 Å². The van der Waals surface area contributed by atoms with Crippen molar-refractivity contribution in [2.45, 2.75) is 112 Å². The van der Waals surface area contributed by atoms with Crippen LogP contribution in [0, 0.1) is 40.4 Å². The second kappa shape index (κ2) is 9.51. The van der Waals surface area contributed by atoms with Crippen molar-refractivity contribution in [1.29, 1.82) is 0 Å². The van der Waals surface area contributed by atoms with E-state index < -0.39 is 0 Å². The smallest absolute Gasteiger partial charge is 0.302 e. The van der Waals surface area contributed by atoms with Gasteiger partial charge >= 0.3 is 11.9 Å². The van der Waals surface area contributed by atoms with Gasteiger partial charge in [0.1, 0.15) is 12.2 Å². The maximum absolute atomic E-state index is 11.5. The molecule has 5 heteroatoms. The number of carbonyl (C=O) groups excluding carboxylic acids is 2. The SMILES string of the molecule is CC(=O)OC[C@H](C)CCC1=C(C)[C@H]2[C@H](C[C@H]3[C@@H]4CC=C5C[C@H](OC(C)=O)CC[C@]5(C)[C@H]4CC[C@@]32C)O1. The molecular weight excluding hydrogens is 452 g/mol. The van der Waals surface area contributed by atoms with Gasteiger partial charge in [0.25, 0.3) is 0 Å². The van der Waals surface area contributed by atoms with Crippen LogP contribution in [0.2, 0.25) is 0 Å². The maximum Gasteiger partial charge on any atom is 0.302 e. The molecule has 5 aliphatic rings. The number of fused-ring (bicyclic) bond motifs is 7. The fourth-order valence-corrected chi connectivity index (χ4v) is 9.27. The van der Waals surface area contributed by atoms with Gasteiger partial charge in [-0.05, 0) is 91.9 Å². The fraction of sp³-hybridized carbons (Fsp3) is 0.806. The summed E-state index contributed by atoms with van der Waals surface area (Å²) < 4.78 is 17.5. The number of ether oxygens (including phenoxy) is 3. The number of hydrogen-bond donors (Lipinski definition) is 0. The highest BCUT2D eigenvalue weighted by atomic mass is 16.5. The molecule has 1 aliphatic heterocycles. The lowest BCUT2D eigenvalue weighted by atomic mass is 9.47. The Hall–Kier alpha value is -1.78. The van der Waals surface area contributed by atoms with E-state index in [1.165, 1.54) is 50.9 Å². The van der Waals surface area contributed by atoms with Crippen molar-refractivity contribution in [2.75, 3.05) is 6.61 Å². The molecule has 0 bridgehead atoms. The van der Waals surface area contributed by atoms with Crippen molar-refractivity contribution in [3.05, 3.63) is 23.0 Å². The third kappa shape index (κ3) is 4.32. The molecule has 0 aromatic carbocycles. The summed E-state index contributed by atoms with van der Waals surface area (Å²) in [6.45, 7) is 13.1. The molecule has 5 nitrogen and oxygen atoms in total. The Labute approximate surface area is 217 Å². The lowest BCUT2D eigenvalue weighted by molar-refractivity contribution is -0.148. The standard InChI is InChI=1S/C31H46O5/c1-18(17-34-20(3)32)7-10-27-19(2)29-28(36-27)16-26-24-9-8-22-15-23(35-21(4)33)11-13-30(22,5)25(24)12-14-31(26,29)6/h8,18,23-26,28-29H,7,9-17H2,1-6H3/t18-,23-,24-,25+,26+,28+,29+,30+,31+/m1/s1. The van der Waals surface area contributed by atoms with Gasteiger partial charge in [-0.1, -0.05) is 32.4 Å². The lowest BCUT2D eigenvalue weighted by Gasteiger charge is -2.58. The van der Waals surface area contributed by atoms with Crippen LogP contribution in [0.15, 0.2) is 23.0 Å². The molecule has 0 unspecified atom stereocenters. The highest BCUT2D eigenvalue weighted by Crippen LogP contribution is 2.69. The van der Waals surface area contributed by atoms with E-state index in [9.17, 15) is 9.59 Å². The molecule has 0 amide bonds. The molecule has 0 saturated heterocycles. The quantitative estimate of drug-likeness (QED) is 0.299. The largest absolute Gasteiger partial charge is 0.494 e. The van der Waals surface area contributed by atoms with E-state index in [4.69, 9.17) is 14.2 Å². The predicted octanol–water partition coefficient (Wildman–Crippen LogP) is 6.76. The van der Waals surface area contributed by atoms with Gasteiger partial charge in [0, 0.05) is 32.6 Å². The van der Waals surface area contributed by atoms with Gasteiger partial charge in [-0.25, -0.2) is 0 Å². The zero-order chi connectivity index (χ0) is 25.8. The summed E-state index contributed by atoms with van der Waals surface area (Å²) in [5.74, 6) is 3.93. The van der Waals surface area contributed by atoms with Gasteiger partial charge in [0.15, 0.2) is 0 Å². The molecule has 36 heavy (non-hydrogen) atoms. The second-order valence-corrected chi connectivity index (χ2v) is 13.2. The first-order valence-corrected chi connectivity index (χ1v) is 14.4. The minimum atomic E-state index is -0.200. The minimum absolute atomic E-state index is 0.0643. The first-order chi connectivity index (χ1) is 17.0. The van der Waals surface area contributed by atoms with Crippen molar-refractivity contribution in [3.63, 3.8) is 0 Å². The van der Waals surface area contributed by atoms with Crippen LogP contribution in [0.4, 0.5) is 0 Å². The molecule has 0 aromatic rings. The van der Waals surface area contributed by atoms with Gasteiger partial charge in [-0.3, -0.25) is 9.59 Å². The first-order valence-electron chi connectivity index (χ1n) is 14.4. The molecule has 3 saturated carbocycles. The van der Waals surface area contributed by atoms with Crippen LogP contribution in [0.25, 0.3) is 0 Å². The van der Waals surface area contributed by atoms with Crippen LogP contribution in [-0.4, -0.2) is 30.8 Å². The molecule has 0 spiro atoms. The molecule has 9 atom stereocenters. The average molecular weight is 499 g/mol. The Bertz CT molecular complexity index is 964. The van der Waals surface area contributed by atoms with Crippen molar-refractivity contribution in [3.8, 4) is 0 Å². The van der Waals surface area contributed by atoms with Crippen molar-refractivity contribution < 1.29 is 23.8 Å². The highest BCUT2D eigenvalue weighted by molar-refractivity contribution is 5.66. The topological polar surface area (TPSA) is 61.8 Å². The Morgan fingerprint density at radius 1 is 1.14 bits per heavy atom. The Morgan fingerprint density at radius 3 is 2.64 bits per heavy atom. The van der Waals surface area contributed by atoms with Crippen LogP contribution in [-0.2, 0) is 23.8 Å². The van der Waals surface area contributed by atoms with E-state index in [-0.39, 0.29) is 23.5 Å². The van der Waals surface area contributed by atoms with Crippen LogP contribution in [0.3, 0.4) is 0 Å². The first kappa shape index (κ1) is 25.9. The summed E-state index contributed by atoms with van der Waals surface area (Å²) in [6, 6.07) is 0. The molecule has 200 valence electrons. The molecule has 5 rings (SSSR count). The minimum Gasteiger partial charge on any atom is -0.494 e. The van der Waals surface area contributed by atoms with Gasteiger partial charge in [0.2, 0.25) is 0 Å². The van der Waals surface area contributed by atoms with E-state index in [0.29, 0.717) is 35.9 Å². The van der Waals surface area contributed by atoms with Crippen molar-refractivity contribution >= 4 is 11.9 Å². The van der Waals surface area contributed by atoms with Crippen LogP contribution >= 0.6 is 0 Å². The number of esters is 2. The molecule has 1 heterocycles. The number of allylic oxidation sites excluding steroid dienone is 2. The van der Waals surface area contributed by atoms with Gasteiger partial charge in [0.05, 0.1) is 12.4 Å². The summed E-state index contributed by atoms with van der Waals surface area (Å²) in [6.07, 6.45) is 12.9. The summed E-state index contributed by atoms with van der Waals surface area (Å²) in [4.78, 5) is 22.7. The monoisotopic (exact) mass is 498 g/mol. The van der Waals surface area contributed by atoms with E-state index in [1.807, 2.05) is 0 Å². The highest BCUT2D eigenvalue weighted by Gasteiger charge is 2.63. The zero-order valence-corrected chi connectivity index (χ0v) is 23.2. The zero-order valence-electron chi connectivity index (χ0n) is 23.2. The van der Waals surface area contributed by atoms with Gasteiger partial charge < -0.3 is 14.2 Å². The second-order valence-electron chi connectivity index (χ2n) is 13.2. The molecule has 4 aliphatic carbocycles. The van der Waals surface area contributed by atoms with E-state index in [1.54, 1.807) is 5.57 Å². The van der Waals surface area contributed by atoms with E-state index in [0.717, 1.165) is 43.9 Å². The summed E-state index contributed by atoms with van der Waals surface area (Å²) in [5.41, 5.74) is 3.62. The van der Waals surface area contributed by atoms with Gasteiger partial charge in [-0.15, -0.1) is 0 Å². The maximum atomic E-state index is 11.5. The van der Waals surface area contributed by atoms with Crippen LogP contribution < -0.4 is 0 Å². The number of rotatable bonds is 6. The number of hydrogen-bond acceptors (Lipinski definition) is 5. The third-order valence-corrected chi connectivity index (χ3v) is 11.0. The molecule has 3 fully saturated rings. The molecule has 0 radical (unpaired) electrons.